The highest BCUT2D eigenvalue weighted by molar-refractivity contribution is 6.16. The fourth-order valence-electron chi connectivity index (χ4n) is 2.55. The second-order valence-corrected chi connectivity index (χ2v) is 5.58. The van der Waals surface area contributed by atoms with Crippen LogP contribution in [-0.2, 0) is 9.59 Å². The van der Waals surface area contributed by atoms with Gasteiger partial charge in [-0.05, 0) is 12.8 Å². The molecule has 6 nitrogen and oxygen atoms in total. The minimum atomic E-state index is -0.908. The Balaban J connectivity index is 2.13. The van der Waals surface area contributed by atoms with Crippen LogP contribution < -0.4 is 0 Å². The van der Waals surface area contributed by atoms with Gasteiger partial charge in [0.05, 0.1) is 11.5 Å². The van der Waals surface area contributed by atoms with Crippen molar-refractivity contribution in [1.82, 2.24) is 0 Å². The molecule has 6 heteroatoms. The SMILES string of the molecule is O=C(O)CCCN=CC1=C(O)[C@H](C(=O)c2ccccc2)CCC1=O. The van der Waals surface area contributed by atoms with E-state index in [2.05, 4.69) is 4.99 Å². The molecule has 2 rings (SSSR count). The number of carboxylic acid groups (broad SMARTS) is 1. The average molecular weight is 329 g/mol. The minimum absolute atomic E-state index is 0.00850. The second-order valence-electron chi connectivity index (χ2n) is 5.58. The zero-order chi connectivity index (χ0) is 17.5. The number of rotatable bonds is 7. The Hall–Kier alpha value is -2.76. The van der Waals surface area contributed by atoms with Crippen LogP contribution in [0.25, 0.3) is 0 Å². The summed E-state index contributed by atoms with van der Waals surface area (Å²) < 4.78 is 0. The van der Waals surface area contributed by atoms with E-state index in [9.17, 15) is 19.5 Å². The first kappa shape index (κ1) is 17.6. The normalized spacial score (nSPS) is 18.2. The molecule has 1 aliphatic rings. The van der Waals surface area contributed by atoms with Crippen LogP contribution in [0.4, 0.5) is 0 Å². The number of allylic oxidation sites excluding steroid dienone is 2. The molecule has 0 bridgehead atoms. The molecule has 0 radical (unpaired) electrons. The summed E-state index contributed by atoms with van der Waals surface area (Å²) in [4.78, 5) is 38.9. The number of aliphatic hydroxyl groups is 1. The molecule has 0 unspecified atom stereocenters. The lowest BCUT2D eigenvalue weighted by molar-refractivity contribution is -0.137. The molecule has 0 fully saturated rings. The van der Waals surface area contributed by atoms with Gasteiger partial charge in [0.1, 0.15) is 5.76 Å². The second kappa shape index (κ2) is 8.19. The molecule has 0 amide bonds. The van der Waals surface area contributed by atoms with E-state index in [0.29, 0.717) is 12.0 Å². The van der Waals surface area contributed by atoms with Gasteiger partial charge in [-0.25, -0.2) is 0 Å². The number of hydrogen-bond donors (Lipinski definition) is 2. The fourth-order valence-corrected chi connectivity index (χ4v) is 2.55. The molecule has 126 valence electrons. The number of benzene rings is 1. The number of hydrogen-bond acceptors (Lipinski definition) is 5. The number of aliphatic carboxylic acids is 1. The van der Waals surface area contributed by atoms with Crippen LogP contribution in [-0.4, -0.2) is 40.5 Å². The molecule has 2 N–H and O–H groups in total. The van der Waals surface area contributed by atoms with Crippen molar-refractivity contribution >= 4 is 23.8 Å². The number of carbonyl (C=O) groups excluding carboxylic acids is 2. The maximum Gasteiger partial charge on any atom is 0.303 e. The third-order valence-corrected chi connectivity index (χ3v) is 3.84. The highest BCUT2D eigenvalue weighted by Gasteiger charge is 2.32. The van der Waals surface area contributed by atoms with Gasteiger partial charge in [-0.15, -0.1) is 0 Å². The fraction of sp³-hybridized carbons (Fsp3) is 0.333. The van der Waals surface area contributed by atoms with Crippen LogP contribution in [0.3, 0.4) is 0 Å². The van der Waals surface area contributed by atoms with E-state index in [0.717, 1.165) is 0 Å². The molecule has 0 spiro atoms. The van der Waals surface area contributed by atoms with Gasteiger partial charge < -0.3 is 10.2 Å². The summed E-state index contributed by atoms with van der Waals surface area (Å²) >= 11 is 0. The Kier molecular flexibility index (Phi) is 6.01. The molecule has 0 saturated heterocycles. The van der Waals surface area contributed by atoms with E-state index >= 15 is 0 Å². The maximum absolute atomic E-state index is 12.5. The first-order chi connectivity index (χ1) is 11.5. The number of carboxylic acids is 1. The predicted molar refractivity (Wildman–Crippen MR) is 88.4 cm³/mol. The smallest absolute Gasteiger partial charge is 0.303 e. The summed E-state index contributed by atoms with van der Waals surface area (Å²) in [5, 5.41) is 18.9. The lowest BCUT2D eigenvalue weighted by Crippen LogP contribution is -2.26. The molecule has 1 aromatic rings. The first-order valence-electron chi connectivity index (χ1n) is 7.78. The van der Waals surface area contributed by atoms with Crippen LogP contribution in [0.5, 0.6) is 0 Å². The largest absolute Gasteiger partial charge is 0.511 e. The molecule has 0 heterocycles. The van der Waals surface area contributed by atoms with Crippen LogP contribution >= 0.6 is 0 Å². The summed E-state index contributed by atoms with van der Waals surface area (Å²) in [5.41, 5.74) is 0.534. The first-order valence-corrected chi connectivity index (χ1v) is 7.78. The Labute approximate surface area is 139 Å². The van der Waals surface area contributed by atoms with Crippen LogP contribution in [0.15, 0.2) is 46.7 Å². The Morgan fingerprint density at radius 1 is 1.25 bits per heavy atom. The number of carbonyl (C=O) groups is 3. The van der Waals surface area contributed by atoms with Crippen LogP contribution in [0.2, 0.25) is 0 Å². The molecule has 0 aromatic heterocycles. The molecule has 1 aromatic carbocycles. The summed E-state index contributed by atoms with van der Waals surface area (Å²) in [6.45, 7) is 0.244. The number of Topliss-reactive ketones (excluding diaryl/α,β-unsaturated/α-hetero) is 2. The summed E-state index contributed by atoms with van der Waals surface area (Å²) in [5.74, 6) is -2.38. The van der Waals surface area contributed by atoms with Crippen molar-refractivity contribution in [3.63, 3.8) is 0 Å². The van der Waals surface area contributed by atoms with Crippen molar-refractivity contribution < 1.29 is 24.6 Å². The number of ketones is 2. The van der Waals surface area contributed by atoms with Crippen LogP contribution in [0.1, 0.15) is 36.0 Å². The van der Waals surface area contributed by atoms with Crippen molar-refractivity contribution in [2.45, 2.75) is 25.7 Å². The molecular formula is C18H19NO5. The Morgan fingerprint density at radius 3 is 2.62 bits per heavy atom. The van der Waals surface area contributed by atoms with Crippen molar-refractivity contribution in [1.29, 1.82) is 0 Å². The zero-order valence-corrected chi connectivity index (χ0v) is 13.1. The molecule has 0 saturated carbocycles. The van der Waals surface area contributed by atoms with E-state index in [4.69, 9.17) is 5.11 Å². The van der Waals surface area contributed by atoms with Gasteiger partial charge in [0.2, 0.25) is 0 Å². The molecule has 24 heavy (non-hydrogen) atoms. The summed E-state index contributed by atoms with van der Waals surface area (Å²) in [6.07, 6.45) is 2.04. The maximum atomic E-state index is 12.5. The van der Waals surface area contributed by atoms with E-state index < -0.39 is 11.9 Å². The van der Waals surface area contributed by atoms with E-state index in [1.807, 2.05) is 0 Å². The van der Waals surface area contributed by atoms with Crippen LogP contribution in [0, 0.1) is 5.92 Å². The quantitative estimate of drug-likeness (QED) is 0.454. The van der Waals surface area contributed by atoms with Gasteiger partial charge in [-0.1, -0.05) is 30.3 Å². The summed E-state index contributed by atoms with van der Waals surface area (Å²) in [6, 6.07) is 8.63. The third kappa shape index (κ3) is 4.38. The number of aliphatic hydroxyl groups excluding tert-OH is 1. The average Bonchev–Trinajstić information content (AvgIpc) is 2.57. The van der Waals surface area contributed by atoms with Gasteiger partial charge in [0, 0.05) is 31.2 Å². The monoisotopic (exact) mass is 329 g/mol. The van der Waals surface area contributed by atoms with E-state index in [1.54, 1.807) is 30.3 Å². The lowest BCUT2D eigenvalue weighted by Gasteiger charge is -2.21. The molecular weight excluding hydrogens is 310 g/mol. The van der Waals surface area contributed by atoms with Gasteiger partial charge in [0.15, 0.2) is 11.6 Å². The Bertz CT molecular complexity index is 691. The highest BCUT2D eigenvalue weighted by atomic mass is 16.4. The lowest BCUT2D eigenvalue weighted by atomic mass is 9.83. The highest BCUT2D eigenvalue weighted by Crippen LogP contribution is 2.28. The zero-order valence-electron chi connectivity index (χ0n) is 13.1. The van der Waals surface area contributed by atoms with Crippen molar-refractivity contribution in [3.05, 3.63) is 47.2 Å². The Morgan fingerprint density at radius 2 is 1.96 bits per heavy atom. The number of nitrogens with zero attached hydrogens (tertiary/aromatic N) is 1. The van der Waals surface area contributed by atoms with Crippen molar-refractivity contribution in [2.75, 3.05) is 6.54 Å². The topological polar surface area (TPSA) is 104 Å². The number of aliphatic imine (C=N–C) groups is 1. The molecule has 1 aliphatic carbocycles. The third-order valence-electron chi connectivity index (χ3n) is 3.84. The van der Waals surface area contributed by atoms with E-state index in [-0.39, 0.29) is 48.7 Å². The van der Waals surface area contributed by atoms with Gasteiger partial charge in [-0.3, -0.25) is 19.4 Å². The van der Waals surface area contributed by atoms with Crippen molar-refractivity contribution in [3.8, 4) is 0 Å². The van der Waals surface area contributed by atoms with Gasteiger partial charge >= 0.3 is 5.97 Å². The van der Waals surface area contributed by atoms with E-state index in [1.165, 1.54) is 6.21 Å². The van der Waals surface area contributed by atoms with Gasteiger partial charge in [0.25, 0.3) is 0 Å². The van der Waals surface area contributed by atoms with Gasteiger partial charge in [-0.2, -0.15) is 0 Å². The standard InChI is InChI=1S/C18H19NO5/c20-15-9-8-13(17(23)12-5-2-1-3-6-12)18(24)14(15)11-19-10-4-7-16(21)22/h1-3,5-6,11,13,24H,4,7-10H2,(H,21,22)/t13-/m0/s1. The minimum Gasteiger partial charge on any atom is -0.511 e. The molecule has 1 atom stereocenters. The summed E-state index contributed by atoms with van der Waals surface area (Å²) in [7, 11) is 0. The van der Waals surface area contributed by atoms with Crippen molar-refractivity contribution in [2.24, 2.45) is 10.9 Å². The predicted octanol–water partition coefficient (Wildman–Crippen LogP) is 2.60. The molecule has 0 aliphatic heterocycles.